The van der Waals surface area contributed by atoms with Crippen LogP contribution in [-0.2, 0) is 0 Å². The molecule has 2 fully saturated rings. The second kappa shape index (κ2) is 10.1. The highest BCUT2D eigenvalue weighted by Crippen LogP contribution is 2.31. The molecule has 1 saturated heterocycles. The molecule has 0 radical (unpaired) electrons. The van der Waals surface area contributed by atoms with Gasteiger partial charge in [-0.05, 0) is 31.2 Å². The summed E-state index contributed by atoms with van der Waals surface area (Å²) in [6, 6.07) is 15.3. The van der Waals surface area contributed by atoms with Gasteiger partial charge in [-0.2, -0.15) is 0 Å². The minimum absolute atomic E-state index is 0.154. The number of benzene rings is 2. The maximum Gasteiger partial charge on any atom is 0.289 e. The quantitative estimate of drug-likeness (QED) is 0.561. The lowest BCUT2D eigenvalue weighted by Gasteiger charge is -2.42. The zero-order chi connectivity index (χ0) is 24.4. The molecule has 1 aromatic heterocycles. The van der Waals surface area contributed by atoms with Crippen LogP contribution >= 0.6 is 0 Å². The van der Waals surface area contributed by atoms with E-state index in [2.05, 4.69) is 32.2 Å². The van der Waals surface area contributed by atoms with Gasteiger partial charge < -0.3 is 24.5 Å². The smallest absolute Gasteiger partial charge is 0.289 e. The fourth-order valence-corrected chi connectivity index (χ4v) is 5.11. The van der Waals surface area contributed by atoms with Crippen LogP contribution in [0.3, 0.4) is 0 Å². The van der Waals surface area contributed by atoms with Crippen molar-refractivity contribution in [1.82, 2.24) is 15.2 Å². The molecule has 0 spiro atoms. The number of carbonyl (C=O) groups is 1. The van der Waals surface area contributed by atoms with Crippen molar-refractivity contribution in [3.8, 4) is 5.75 Å². The fraction of sp³-hybridized carbons (Fsp3) is 0.385. The van der Waals surface area contributed by atoms with Crippen LogP contribution in [-0.4, -0.2) is 71.4 Å². The molecule has 1 aliphatic carbocycles. The lowest BCUT2D eigenvalue weighted by Crippen LogP contribution is -2.59. The Hall–Kier alpha value is -3.43. The summed E-state index contributed by atoms with van der Waals surface area (Å²) in [4.78, 5) is 21.4. The van der Waals surface area contributed by atoms with Crippen molar-refractivity contribution in [3.63, 3.8) is 0 Å². The molecule has 3 aromatic rings. The number of carbonyl (C=O) groups excluding carboxylic acids is 1. The summed E-state index contributed by atoms with van der Waals surface area (Å²) in [6.07, 6.45) is 0.141. The maximum atomic E-state index is 13.7. The SMILES string of the molecule is Cc1ncoc1C(=O)N[C@@H]1C[C@@H](Oc2cccc(F)c2)[C@H](O)[C@H]1N1CCN(c2ccccc2)CC1. The highest BCUT2D eigenvalue weighted by atomic mass is 19.1. The first-order chi connectivity index (χ1) is 17.0. The number of ether oxygens (including phenoxy) is 1. The van der Waals surface area contributed by atoms with Crippen molar-refractivity contribution in [2.75, 3.05) is 31.1 Å². The van der Waals surface area contributed by atoms with Gasteiger partial charge in [0.15, 0.2) is 6.39 Å². The lowest BCUT2D eigenvalue weighted by molar-refractivity contribution is 0.00523. The fourth-order valence-electron chi connectivity index (χ4n) is 5.11. The third kappa shape index (κ3) is 5.01. The number of halogens is 1. The molecule has 0 bridgehead atoms. The van der Waals surface area contributed by atoms with E-state index < -0.39 is 18.0 Å². The Morgan fingerprint density at radius 3 is 2.60 bits per heavy atom. The van der Waals surface area contributed by atoms with Crippen LogP contribution in [0.4, 0.5) is 10.1 Å². The zero-order valence-corrected chi connectivity index (χ0v) is 19.5. The van der Waals surface area contributed by atoms with Gasteiger partial charge >= 0.3 is 0 Å². The molecule has 4 atom stereocenters. The molecule has 2 aliphatic rings. The normalized spacial score (nSPS) is 24.9. The van der Waals surface area contributed by atoms with Crippen molar-refractivity contribution in [2.45, 2.75) is 37.6 Å². The first kappa shape index (κ1) is 23.3. The van der Waals surface area contributed by atoms with Gasteiger partial charge in [0.05, 0.1) is 17.8 Å². The second-order valence-corrected chi connectivity index (χ2v) is 9.04. The molecular weight excluding hydrogens is 451 g/mol. The first-order valence-corrected chi connectivity index (χ1v) is 11.8. The molecule has 2 N–H and O–H groups in total. The van der Waals surface area contributed by atoms with Crippen molar-refractivity contribution in [2.24, 2.45) is 0 Å². The zero-order valence-electron chi connectivity index (χ0n) is 19.5. The molecule has 1 amide bonds. The number of nitrogens with zero attached hydrogens (tertiary/aromatic N) is 3. The number of rotatable bonds is 6. The number of piperazine rings is 1. The van der Waals surface area contributed by atoms with Crippen LogP contribution in [0.5, 0.6) is 5.75 Å². The van der Waals surface area contributed by atoms with Crippen LogP contribution in [0, 0.1) is 12.7 Å². The Balaban J connectivity index is 1.33. The number of oxazole rings is 1. The van der Waals surface area contributed by atoms with E-state index in [0.29, 0.717) is 17.9 Å². The summed E-state index contributed by atoms with van der Waals surface area (Å²) >= 11 is 0. The Bertz CT molecular complexity index is 1150. The molecule has 1 saturated carbocycles. The van der Waals surface area contributed by atoms with Gasteiger partial charge in [0.25, 0.3) is 5.91 Å². The van der Waals surface area contributed by atoms with E-state index in [4.69, 9.17) is 9.15 Å². The third-order valence-electron chi connectivity index (χ3n) is 6.84. The van der Waals surface area contributed by atoms with Gasteiger partial charge in [-0.1, -0.05) is 24.3 Å². The van der Waals surface area contributed by atoms with Crippen LogP contribution in [0.2, 0.25) is 0 Å². The van der Waals surface area contributed by atoms with Crippen molar-refractivity contribution < 1.29 is 23.4 Å². The van der Waals surface area contributed by atoms with Gasteiger partial charge in [0.2, 0.25) is 5.76 Å². The first-order valence-electron chi connectivity index (χ1n) is 11.8. The molecule has 2 aromatic carbocycles. The minimum atomic E-state index is -0.873. The van der Waals surface area contributed by atoms with Gasteiger partial charge in [-0.25, -0.2) is 9.37 Å². The standard InChI is InChI=1S/C26H29FN4O4/c1-17-25(34-16-28-17)26(33)29-21-15-22(35-20-9-5-6-18(27)14-20)24(32)23(21)31-12-10-30(11-13-31)19-7-3-2-4-8-19/h2-9,14,16,21-24,32H,10-13,15H2,1H3,(H,29,33)/t21-,22-,23+,24+/m1/s1. The number of aryl methyl sites for hydroxylation is 1. The Morgan fingerprint density at radius 1 is 1.14 bits per heavy atom. The lowest BCUT2D eigenvalue weighted by atomic mass is 10.1. The number of anilines is 1. The average molecular weight is 481 g/mol. The number of hydrogen-bond donors (Lipinski definition) is 2. The summed E-state index contributed by atoms with van der Waals surface area (Å²) in [5.74, 6) is -0.285. The van der Waals surface area contributed by atoms with E-state index >= 15 is 0 Å². The van der Waals surface area contributed by atoms with E-state index in [1.54, 1.807) is 19.1 Å². The van der Waals surface area contributed by atoms with Gasteiger partial charge in [-0.3, -0.25) is 9.69 Å². The molecule has 0 unspecified atom stereocenters. The molecule has 5 rings (SSSR count). The Labute approximate surface area is 203 Å². The number of aromatic nitrogens is 1. The number of para-hydroxylation sites is 1. The van der Waals surface area contributed by atoms with E-state index in [9.17, 15) is 14.3 Å². The topological polar surface area (TPSA) is 91.1 Å². The summed E-state index contributed by atoms with van der Waals surface area (Å²) in [7, 11) is 0. The monoisotopic (exact) mass is 480 g/mol. The van der Waals surface area contributed by atoms with E-state index in [1.165, 1.54) is 18.5 Å². The number of aliphatic hydroxyl groups is 1. The molecule has 8 nitrogen and oxygen atoms in total. The summed E-state index contributed by atoms with van der Waals surface area (Å²) in [6.45, 7) is 4.74. The minimum Gasteiger partial charge on any atom is -0.487 e. The number of hydrogen-bond acceptors (Lipinski definition) is 7. The highest BCUT2D eigenvalue weighted by Gasteiger charge is 2.48. The van der Waals surface area contributed by atoms with Crippen LogP contribution < -0.4 is 15.0 Å². The summed E-state index contributed by atoms with van der Waals surface area (Å²) in [5.41, 5.74) is 1.67. The number of aliphatic hydroxyl groups excluding tert-OH is 1. The third-order valence-corrected chi connectivity index (χ3v) is 6.84. The van der Waals surface area contributed by atoms with Gasteiger partial charge in [0.1, 0.15) is 23.8 Å². The van der Waals surface area contributed by atoms with Crippen LogP contribution in [0.1, 0.15) is 22.7 Å². The van der Waals surface area contributed by atoms with E-state index in [-0.39, 0.29) is 23.8 Å². The average Bonchev–Trinajstić information content (AvgIpc) is 3.42. The van der Waals surface area contributed by atoms with Crippen molar-refractivity contribution >= 4 is 11.6 Å². The predicted molar refractivity (Wildman–Crippen MR) is 128 cm³/mol. The van der Waals surface area contributed by atoms with E-state index in [0.717, 1.165) is 31.9 Å². The number of nitrogens with one attached hydrogen (secondary N) is 1. The van der Waals surface area contributed by atoms with Crippen LogP contribution in [0.15, 0.2) is 65.4 Å². The largest absolute Gasteiger partial charge is 0.487 e. The molecule has 184 valence electrons. The van der Waals surface area contributed by atoms with Crippen molar-refractivity contribution in [1.29, 1.82) is 0 Å². The number of amides is 1. The van der Waals surface area contributed by atoms with Gasteiger partial charge in [-0.15, -0.1) is 0 Å². The highest BCUT2D eigenvalue weighted by molar-refractivity contribution is 5.92. The molecule has 2 heterocycles. The summed E-state index contributed by atoms with van der Waals surface area (Å²) < 4.78 is 25.0. The molecule has 1 aliphatic heterocycles. The Morgan fingerprint density at radius 2 is 1.91 bits per heavy atom. The molecule has 35 heavy (non-hydrogen) atoms. The van der Waals surface area contributed by atoms with Gasteiger partial charge in [0, 0.05) is 44.4 Å². The summed E-state index contributed by atoms with van der Waals surface area (Å²) in [5, 5.41) is 14.3. The second-order valence-electron chi connectivity index (χ2n) is 9.04. The van der Waals surface area contributed by atoms with E-state index in [1.807, 2.05) is 18.2 Å². The molecular formula is C26H29FN4O4. The molecule has 9 heteroatoms. The Kier molecular flexibility index (Phi) is 6.70. The van der Waals surface area contributed by atoms with Crippen LogP contribution in [0.25, 0.3) is 0 Å². The maximum absolute atomic E-state index is 13.7. The van der Waals surface area contributed by atoms with Crippen molar-refractivity contribution in [3.05, 3.63) is 78.3 Å². The predicted octanol–water partition coefficient (Wildman–Crippen LogP) is 2.62.